The number of aryl methyl sites for hydroxylation is 2. The first-order valence-electron chi connectivity index (χ1n) is 12.1. The molecule has 3 amide bonds. The lowest BCUT2D eigenvalue weighted by Crippen LogP contribution is -2.44. The lowest BCUT2D eigenvalue weighted by atomic mass is 9.94. The van der Waals surface area contributed by atoms with E-state index >= 15 is 0 Å². The Labute approximate surface area is 196 Å². The monoisotopic (exact) mass is 447 g/mol. The Morgan fingerprint density at radius 1 is 0.909 bits per heavy atom. The third kappa shape index (κ3) is 4.95. The molecule has 2 aromatic carbocycles. The number of benzene rings is 2. The van der Waals surface area contributed by atoms with Crippen molar-refractivity contribution in [2.75, 3.05) is 29.9 Å². The van der Waals surface area contributed by atoms with Crippen molar-refractivity contribution in [1.82, 2.24) is 4.90 Å². The van der Waals surface area contributed by atoms with Crippen LogP contribution in [0.1, 0.15) is 44.2 Å². The summed E-state index contributed by atoms with van der Waals surface area (Å²) in [5, 5.41) is 3.19. The molecule has 2 aliphatic heterocycles. The molecule has 2 aromatic rings. The standard InChI is InChI=1S/C27H33N3O3/c1-3-19-9-8-10-20(4-2)25(19)28-26(32)21-13-15-29(16-14-21)27(33)22-17-24(31)30(18-22)23-11-6-5-7-12-23/h5-12,21-22H,3-4,13-18H2,1-2H3,(H,28,32). The van der Waals surface area contributed by atoms with Crippen molar-refractivity contribution in [2.24, 2.45) is 11.8 Å². The number of para-hydroxylation sites is 2. The summed E-state index contributed by atoms with van der Waals surface area (Å²) in [7, 11) is 0. The molecule has 6 nitrogen and oxygen atoms in total. The first kappa shape index (κ1) is 23.0. The molecule has 0 bridgehead atoms. The number of likely N-dealkylation sites (tertiary alicyclic amines) is 1. The summed E-state index contributed by atoms with van der Waals surface area (Å²) in [6.45, 7) is 5.74. The van der Waals surface area contributed by atoms with Crippen LogP contribution >= 0.6 is 0 Å². The van der Waals surface area contributed by atoms with E-state index < -0.39 is 0 Å². The van der Waals surface area contributed by atoms with Crippen molar-refractivity contribution in [3.8, 4) is 0 Å². The molecule has 1 N–H and O–H groups in total. The van der Waals surface area contributed by atoms with Crippen LogP contribution < -0.4 is 10.2 Å². The summed E-state index contributed by atoms with van der Waals surface area (Å²) < 4.78 is 0. The van der Waals surface area contributed by atoms with Crippen molar-refractivity contribution >= 4 is 29.1 Å². The van der Waals surface area contributed by atoms with Crippen molar-refractivity contribution in [3.05, 3.63) is 59.7 Å². The molecule has 0 aliphatic carbocycles. The minimum atomic E-state index is -0.313. The Balaban J connectivity index is 1.33. The summed E-state index contributed by atoms with van der Waals surface area (Å²) in [6.07, 6.45) is 3.29. The molecule has 0 radical (unpaired) electrons. The normalized spacial score (nSPS) is 19.1. The SMILES string of the molecule is CCc1cccc(CC)c1NC(=O)C1CCN(C(=O)C2CC(=O)N(c3ccccc3)C2)CC1. The number of hydrogen-bond acceptors (Lipinski definition) is 3. The zero-order valence-electron chi connectivity index (χ0n) is 19.5. The number of piperidine rings is 1. The average Bonchev–Trinajstić information content (AvgIpc) is 3.25. The molecule has 0 aromatic heterocycles. The molecule has 0 saturated carbocycles. The van der Waals surface area contributed by atoms with Gasteiger partial charge in [-0.15, -0.1) is 0 Å². The summed E-state index contributed by atoms with van der Waals surface area (Å²) in [4.78, 5) is 42.2. The fourth-order valence-electron chi connectivity index (χ4n) is 4.98. The summed E-state index contributed by atoms with van der Waals surface area (Å²) in [5.41, 5.74) is 4.11. The molecule has 2 fully saturated rings. The van der Waals surface area contributed by atoms with Crippen molar-refractivity contribution in [3.63, 3.8) is 0 Å². The van der Waals surface area contributed by atoms with Gasteiger partial charge < -0.3 is 15.1 Å². The van der Waals surface area contributed by atoms with Gasteiger partial charge in [0, 0.05) is 43.3 Å². The molecule has 2 aliphatic rings. The van der Waals surface area contributed by atoms with Crippen LogP contribution in [0.3, 0.4) is 0 Å². The number of anilines is 2. The Bertz CT molecular complexity index is 990. The van der Waals surface area contributed by atoms with Gasteiger partial charge in [0.05, 0.1) is 5.92 Å². The number of carbonyl (C=O) groups excluding carboxylic acids is 3. The average molecular weight is 448 g/mol. The van der Waals surface area contributed by atoms with E-state index in [1.165, 1.54) is 0 Å². The van der Waals surface area contributed by atoms with Gasteiger partial charge in [0.25, 0.3) is 0 Å². The van der Waals surface area contributed by atoms with Crippen molar-refractivity contribution in [1.29, 1.82) is 0 Å². The topological polar surface area (TPSA) is 69.7 Å². The molecule has 4 rings (SSSR count). The van der Waals surface area contributed by atoms with E-state index in [-0.39, 0.29) is 36.0 Å². The van der Waals surface area contributed by atoms with Gasteiger partial charge in [0.1, 0.15) is 0 Å². The molecule has 2 heterocycles. The van der Waals surface area contributed by atoms with E-state index in [1.54, 1.807) is 4.90 Å². The fourth-order valence-corrected chi connectivity index (χ4v) is 4.98. The Hall–Kier alpha value is -3.15. The second-order valence-corrected chi connectivity index (χ2v) is 8.99. The fraction of sp³-hybridized carbons (Fsp3) is 0.444. The van der Waals surface area contributed by atoms with Gasteiger partial charge in [0.15, 0.2) is 0 Å². The van der Waals surface area contributed by atoms with Gasteiger partial charge in [-0.05, 0) is 48.9 Å². The van der Waals surface area contributed by atoms with Crippen molar-refractivity contribution in [2.45, 2.75) is 46.0 Å². The minimum Gasteiger partial charge on any atom is -0.342 e. The number of hydrogen-bond donors (Lipinski definition) is 1. The highest BCUT2D eigenvalue weighted by molar-refractivity contribution is 6.00. The highest BCUT2D eigenvalue weighted by Crippen LogP contribution is 2.29. The molecular weight excluding hydrogens is 414 g/mol. The first-order chi connectivity index (χ1) is 16.0. The molecular formula is C27H33N3O3. The largest absolute Gasteiger partial charge is 0.342 e. The predicted octanol–water partition coefficient (Wildman–Crippen LogP) is 4.04. The molecule has 2 saturated heterocycles. The lowest BCUT2D eigenvalue weighted by molar-refractivity contribution is -0.138. The Kier molecular flexibility index (Phi) is 7.11. The van der Waals surface area contributed by atoms with Crippen LogP contribution in [0.5, 0.6) is 0 Å². The Morgan fingerprint density at radius 3 is 2.15 bits per heavy atom. The van der Waals surface area contributed by atoms with Gasteiger partial charge in [-0.3, -0.25) is 14.4 Å². The number of nitrogens with one attached hydrogen (secondary N) is 1. The number of amides is 3. The van der Waals surface area contributed by atoms with E-state index in [9.17, 15) is 14.4 Å². The number of carbonyl (C=O) groups is 3. The molecule has 1 unspecified atom stereocenters. The van der Waals surface area contributed by atoms with Crippen LogP contribution in [0.25, 0.3) is 0 Å². The summed E-state index contributed by atoms with van der Waals surface area (Å²) in [5.74, 6) is -0.342. The maximum Gasteiger partial charge on any atom is 0.228 e. The summed E-state index contributed by atoms with van der Waals surface area (Å²) >= 11 is 0. The highest BCUT2D eigenvalue weighted by Gasteiger charge is 2.38. The van der Waals surface area contributed by atoms with Crippen LogP contribution in [-0.2, 0) is 27.2 Å². The maximum atomic E-state index is 13.1. The quantitative estimate of drug-likeness (QED) is 0.727. The van der Waals surface area contributed by atoms with Crippen LogP contribution in [0, 0.1) is 11.8 Å². The predicted molar refractivity (Wildman–Crippen MR) is 130 cm³/mol. The zero-order valence-corrected chi connectivity index (χ0v) is 19.5. The summed E-state index contributed by atoms with van der Waals surface area (Å²) in [6, 6.07) is 15.7. The van der Waals surface area contributed by atoms with Crippen LogP contribution in [0.2, 0.25) is 0 Å². The van der Waals surface area contributed by atoms with Crippen molar-refractivity contribution < 1.29 is 14.4 Å². The van der Waals surface area contributed by atoms with Crippen LogP contribution in [-0.4, -0.2) is 42.3 Å². The molecule has 33 heavy (non-hydrogen) atoms. The molecule has 174 valence electrons. The van der Waals surface area contributed by atoms with E-state index in [0.717, 1.165) is 35.3 Å². The van der Waals surface area contributed by atoms with Gasteiger partial charge in [-0.1, -0.05) is 50.2 Å². The maximum absolute atomic E-state index is 13.1. The van der Waals surface area contributed by atoms with Crippen LogP contribution in [0.4, 0.5) is 11.4 Å². The van der Waals surface area contributed by atoms with Gasteiger partial charge in [-0.2, -0.15) is 0 Å². The van der Waals surface area contributed by atoms with E-state index in [1.807, 2.05) is 41.3 Å². The minimum absolute atomic E-state index is 0.00451. The second-order valence-electron chi connectivity index (χ2n) is 8.99. The molecule has 6 heteroatoms. The number of nitrogens with zero attached hydrogens (tertiary/aromatic N) is 2. The van der Waals surface area contributed by atoms with Gasteiger partial charge >= 0.3 is 0 Å². The molecule has 0 spiro atoms. The lowest BCUT2D eigenvalue weighted by Gasteiger charge is -2.33. The first-order valence-corrected chi connectivity index (χ1v) is 12.1. The zero-order chi connectivity index (χ0) is 23.4. The van der Waals surface area contributed by atoms with E-state index in [4.69, 9.17) is 0 Å². The Morgan fingerprint density at radius 2 is 1.55 bits per heavy atom. The van der Waals surface area contributed by atoms with Gasteiger partial charge in [-0.25, -0.2) is 0 Å². The van der Waals surface area contributed by atoms with E-state index in [2.05, 4.69) is 31.3 Å². The number of rotatable bonds is 6. The highest BCUT2D eigenvalue weighted by atomic mass is 16.2. The van der Waals surface area contributed by atoms with Crippen LogP contribution in [0.15, 0.2) is 48.5 Å². The third-order valence-electron chi connectivity index (χ3n) is 6.97. The molecule has 1 atom stereocenters. The van der Waals surface area contributed by atoms with Gasteiger partial charge in [0.2, 0.25) is 17.7 Å². The second kappa shape index (κ2) is 10.2. The third-order valence-corrected chi connectivity index (χ3v) is 6.97. The smallest absolute Gasteiger partial charge is 0.228 e. The van der Waals surface area contributed by atoms with E-state index in [0.29, 0.717) is 32.5 Å².